The fraction of sp³-hybridized carbons (Fsp3) is 0.417. The predicted molar refractivity (Wildman–Crippen MR) is 81.4 cm³/mol. The molecule has 0 bridgehead atoms. The third-order valence-corrected chi connectivity index (χ3v) is 3.53. The topological polar surface area (TPSA) is 84.3 Å². The zero-order valence-corrected chi connectivity index (χ0v) is 13.0. The van der Waals surface area contributed by atoms with Gasteiger partial charge >= 0.3 is 0 Å². The van der Waals surface area contributed by atoms with Gasteiger partial charge in [-0.25, -0.2) is 0 Å². The Labute approximate surface area is 131 Å². The molecular weight excluding hydrogens is 350 g/mol. The Morgan fingerprint density at radius 1 is 1.50 bits per heavy atom. The first kappa shape index (κ1) is 16.9. The Balaban J connectivity index is 0.00000200. The van der Waals surface area contributed by atoms with Crippen LogP contribution >= 0.6 is 28.3 Å². The summed E-state index contributed by atoms with van der Waals surface area (Å²) in [6.07, 6.45) is 1.04. The van der Waals surface area contributed by atoms with E-state index in [1.54, 1.807) is 6.07 Å². The first-order valence-corrected chi connectivity index (χ1v) is 6.79. The maximum absolute atomic E-state index is 12.0. The summed E-state index contributed by atoms with van der Waals surface area (Å²) in [5.74, 6) is 0.155. The molecule has 0 spiro atoms. The van der Waals surface area contributed by atoms with Gasteiger partial charge in [-0.15, -0.1) is 12.4 Å². The van der Waals surface area contributed by atoms with Crippen molar-refractivity contribution < 1.29 is 9.72 Å². The first-order chi connectivity index (χ1) is 9.06. The molecule has 1 amide bonds. The van der Waals surface area contributed by atoms with Crippen LogP contribution in [0.25, 0.3) is 0 Å². The van der Waals surface area contributed by atoms with Crippen molar-refractivity contribution in [3.05, 3.63) is 38.3 Å². The molecule has 20 heavy (non-hydrogen) atoms. The summed E-state index contributed by atoms with van der Waals surface area (Å²) in [6, 6.07) is 4.24. The Bertz CT molecular complexity index is 507. The van der Waals surface area contributed by atoms with Gasteiger partial charge in [0, 0.05) is 28.7 Å². The highest BCUT2D eigenvalue weighted by molar-refractivity contribution is 9.10. The minimum Gasteiger partial charge on any atom is -0.352 e. The lowest BCUT2D eigenvalue weighted by molar-refractivity contribution is -0.385. The predicted octanol–water partition coefficient (Wildman–Crippen LogP) is 2.12. The smallest absolute Gasteiger partial charge is 0.271 e. The number of hydrogen-bond acceptors (Lipinski definition) is 4. The summed E-state index contributed by atoms with van der Waals surface area (Å²) in [5, 5.41) is 16.8. The van der Waals surface area contributed by atoms with E-state index in [1.165, 1.54) is 12.1 Å². The number of carbonyl (C=O) groups excluding carboxylic acids is 1. The fourth-order valence-corrected chi connectivity index (χ4v) is 2.52. The van der Waals surface area contributed by atoms with Crippen LogP contribution in [-0.2, 0) is 0 Å². The van der Waals surface area contributed by atoms with Crippen molar-refractivity contribution in [3.8, 4) is 0 Å². The average Bonchev–Trinajstić information content (AvgIpc) is 2.88. The van der Waals surface area contributed by atoms with Crippen molar-refractivity contribution in [1.82, 2.24) is 10.6 Å². The summed E-state index contributed by atoms with van der Waals surface area (Å²) < 4.78 is 0.523. The normalized spacial score (nSPS) is 17.4. The lowest BCUT2D eigenvalue weighted by Crippen LogP contribution is -2.30. The van der Waals surface area contributed by atoms with Crippen molar-refractivity contribution in [3.63, 3.8) is 0 Å². The fourth-order valence-electron chi connectivity index (χ4n) is 2.04. The average molecular weight is 365 g/mol. The van der Waals surface area contributed by atoms with Crippen LogP contribution < -0.4 is 10.6 Å². The highest BCUT2D eigenvalue weighted by Crippen LogP contribution is 2.21. The number of nitrogens with zero attached hydrogens (tertiary/aromatic N) is 1. The second-order valence-electron chi connectivity index (χ2n) is 4.52. The van der Waals surface area contributed by atoms with E-state index in [2.05, 4.69) is 26.6 Å². The van der Waals surface area contributed by atoms with Crippen LogP contribution in [0.4, 0.5) is 5.69 Å². The molecule has 1 saturated heterocycles. The number of nitro groups is 1. The molecule has 1 aliphatic rings. The minimum atomic E-state index is -0.511. The molecule has 1 fully saturated rings. The number of amides is 1. The van der Waals surface area contributed by atoms with Crippen molar-refractivity contribution >= 4 is 39.9 Å². The van der Waals surface area contributed by atoms with E-state index in [4.69, 9.17) is 0 Å². The van der Waals surface area contributed by atoms with Crippen LogP contribution in [-0.4, -0.2) is 30.5 Å². The molecule has 1 unspecified atom stereocenters. The molecular formula is C12H15BrClN3O3. The molecule has 0 radical (unpaired) electrons. The second-order valence-corrected chi connectivity index (χ2v) is 5.44. The number of nitrogens with one attached hydrogen (secondary N) is 2. The van der Waals surface area contributed by atoms with E-state index in [0.717, 1.165) is 19.5 Å². The van der Waals surface area contributed by atoms with Crippen LogP contribution in [0.2, 0.25) is 0 Å². The molecule has 1 heterocycles. The quantitative estimate of drug-likeness (QED) is 0.633. The van der Waals surface area contributed by atoms with Crippen LogP contribution in [0.15, 0.2) is 22.7 Å². The number of rotatable bonds is 4. The van der Waals surface area contributed by atoms with Crippen molar-refractivity contribution in [2.45, 2.75) is 6.42 Å². The van der Waals surface area contributed by atoms with Gasteiger partial charge in [0.05, 0.1) is 4.92 Å². The van der Waals surface area contributed by atoms with Gasteiger partial charge in [-0.2, -0.15) is 0 Å². The summed E-state index contributed by atoms with van der Waals surface area (Å²) in [4.78, 5) is 22.2. The Kier molecular flexibility index (Phi) is 6.38. The summed E-state index contributed by atoms with van der Waals surface area (Å²) in [7, 11) is 0. The van der Waals surface area contributed by atoms with Crippen molar-refractivity contribution in [2.75, 3.05) is 19.6 Å². The van der Waals surface area contributed by atoms with Gasteiger partial charge in [-0.05, 0) is 31.5 Å². The molecule has 8 heteroatoms. The highest BCUT2D eigenvalue weighted by Gasteiger charge is 2.17. The molecule has 0 aromatic heterocycles. The van der Waals surface area contributed by atoms with E-state index in [-0.39, 0.29) is 24.0 Å². The summed E-state index contributed by atoms with van der Waals surface area (Å²) in [6.45, 7) is 2.47. The summed E-state index contributed by atoms with van der Waals surface area (Å²) >= 11 is 3.17. The van der Waals surface area contributed by atoms with E-state index >= 15 is 0 Å². The lowest BCUT2D eigenvalue weighted by Gasteiger charge is -2.10. The SMILES string of the molecule is Cl.O=C(NCC1CCNC1)c1cc(Br)cc([N+](=O)[O-])c1. The maximum Gasteiger partial charge on any atom is 0.271 e. The first-order valence-electron chi connectivity index (χ1n) is 6.00. The zero-order chi connectivity index (χ0) is 13.8. The van der Waals surface area contributed by atoms with Gasteiger partial charge in [-0.1, -0.05) is 15.9 Å². The largest absolute Gasteiger partial charge is 0.352 e. The van der Waals surface area contributed by atoms with E-state index in [9.17, 15) is 14.9 Å². The molecule has 6 nitrogen and oxygen atoms in total. The van der Waals surface area contributed by atoms with E-state index in [1.807, 2.05) is 0 Å². The molecule has 2 rings (SSSR count). The molecule has 0 aliphatic carbocycles. The lowest BCUT2D eigenvalue weighted by atomic mass is 10.1. The van der Waals surface area contributed by atoms with Gasteiger partial charge in [-0.3, -0.25) is 14.9 Å². The standard InChI is InChI=1S/C12H14BrN3O3.ClH/c13-10-3-9(4-11(5-10)16(18)19)12(17)15-7-8-1-2-14-6-8;/h3-5,8,14H,1-2,6-7H2,(H,15,17);1H. The molecule has 110 valence electrons. The highest BCUT2D eigenvalue weighted by atomic mass is 79.9. The molecule has 1 aromatic rings. The van der Waals surface area contributed by atoms with Crippen LogP contribution in [0.1, 0.15) is 16.8 Å². The number of carbonyl (C=O) groups is 1. The van der Waals surface area contributed by atoms with Gasteiger partial charge < -0.3 is 10.6 Å². The third-order valence-electron chi connectivity index (χ3n) is 3.07. The Morgan fingerprint density at radius 3 is 2.85 bits per heavy atom. The molecule has 1 atom stereocenters. The molecule has 2 N–H and O–H groups in total. The van der Waals surface area contributed by atoms with Gasteiger partial charge in [0.2, 0.25) is 0 Å². The number of non-ortho nitro benzene ring substituents is 1. The van der Waals surface area contributed by atoms with Gasteiger partial charge in [0.15, 0.2) is 0 Å². The zero-order valence-electron chi connectivity index (χ0n) is 10.6. The second kappa shape index (κ2) is 7.56. The Hall–Kier alpha value is -1.18. The van der Waals surface area contributed by atoms with Gasteiger partial charge in [0.25, 0.3) is 11.6 Å². The number of hydrogen-bond donors (Lipinski definition) is 2. The van der Waals surface area contributed by atoms with Crippen LogP contribution in [0, 0.1) is 16.0 Å². The maximum atomic E-state index is 12.0. The molecule has 1 aromatic carbocycles. The van der Waals surface area contributed by atoms with Gasteiger partial charge in [0.1, 0.15) is 0 Å². The third kappa shape index (κ3) is 4.43. The number of halogens is 2. The monoisotopic (exact) mass is 363 g/mol. The number of benzene rings is 1. The van der Waals surface area contributed by atoms with Crippen LogP contribution in [0.5, 0.6) is 0 Å². The molecule has 1 aliphatic heterocycles. The Morgan fingerprint density at radius 2 is 2.25 bits per heavy atom. The van der Waals surface area contributed by atoms with Crippen molar-refractivity contribution in [2.24, 2.45) is 5.92 Å². The number of nitro benzene ring substituents is 1. The van der Waals surface area contributed by atoms with E-state index < -0.39 is 4.92 Å². The summed E-state index contributed by atoms with van der Waals surface area (Å²) in [5.41, 5.74) is 0.203. The minimum absolute atomic E-state index is 0. The van der Waals surface area contributed by atoms with Crippen molar-refractivity contribution in [1.29, 1.82) is 0 Å². The van der Waals surface area contributed by atoms with E-state index in [0.29, 0.717) is 22.5 Å². The van der Waals surface area contributed by atoms with Crippen LogP contribution in [0.3, 0.4) is 0 Å². The molecule has 0 saturated carbocycles.